The molecule has 2 rings (SSSR count). The van der Waals surface area contributed by atoms with Crippen molar-refractivity contribution in [1.29, 1.82) is 0 Å². The first-order valence-electron chi connectivity index (χ1n) is 6.27. The summed E-state index contributed by atoms with van der Waals surface area (Å²) < 4.78 is 39.4. The number of nitrogens with zero attached hydrogens (tertiary/aromatic N) is 2. The molecule has 0 fully saturated rings. The molecule has 0 aliphatic carbocycles. The van der Waals surface area contributed by atoms with Gasteiger partial charge in [-0.25, -0.2) is 0 Å². The summed E-state index contributed by atoms with van der Waals surface area (Å²) in [5, 5.41) is 7.10. The molecule has 114 valence electrons. The van der Waals surface area contributed by atoms with Crippen LogP contribution in [0.5, 0.6) is 0 Å². The van der Waals surface area contributed by atoms with E-state index in [0.29, 0.717) is 11.1 Å². The van der Waals surface area contributed by atoms with Crippen LogP contribution in [-0.4, -0.2) is 12.2 Å². The second-order valence-electron chi connectivity index (χ2n) is 4.40. The van der Waals surface area contributed by atoms with Crippen LogP contribution in [0.3, 0.4) is 0 Å². The van der Waals surface area contributed by atoms with Crippen LogP contribution in [0.4, 0.5) is 13.2 Å². The van der Waals surface area contributed by atoms with E-state index in [1.54, 1.807) is 30.3 Å². The fourth-order valence-corrected chi connectivity index (χ4v) is 1.98. The number of hydrogen-bond donors (Lipinski definition) is 2. The van der Waals surface area contributed by atoms with Gasteiger partial charge in [0.25, 0.3) is 0 Å². The molecule has 0 atom stereocenters. The molecule has 4 nitrogen and oxygen atoms in total. The van der Waals surface area contributed by atoms with Gasteiger partial charge in [0.2, 0.25) is 5.96 Å². The second kappa shape index (κ2) is 6.30. The molecule has 22 heavy (non-hydrogen) atoms. The summed E-state index contributed by atoms with van der Waals surface area (Å²) in [7, 11) is 0. The van der Waals surface area contributed by atoms with Gasteiger partial charge in [-0.15, -0.1) is 5.10 Å². The summed E-state index contributed by atoms with van der Waals surface area (Å²) in [4.78, 5) is 0. The Morgan fingerprint density at radius 3 is 2.14 bits per heavy atom. The van der Waals surface area contributed by atoms with Crippen molar-refractivity contribution in [3.8, 4) is 11.1 Å². The molecule has 0 aromatic heterocycles. The Kier molecular flexibility index (Phi) is 4.45. The Morgan fingerprint density at radius 1 is 0.909 bits per heavy atom. The Bertz CT molecular complexity index is 717. The van der Waals surface area contributed by atoms with Crippen LogP contribution in [0.1, 0.15) is 11.1 Å². The lowest BCUT2D eigenvalue weighted by Crippen LogP contribution is -2.21. The molecule has 0 aliphatic heterocycles. The second-order valence-corrected chi connectivity index (χ2v) is 4.40. The minimum absolute atomic E-state index is 0.0711. The van der Waals surface area contributed by atoms with Gasteiger partial charge in [0.05, 0.1) is 11.8 Å². The number of guanidine groups is 1. The molecule has 0 saturated heterocycles. The Balaban J connectivity index is 2.56. The van der Waals surface area contributed by atoms with E-state index in [4.69, 9.17) is 11.5 Å². The summed E-state index contributed by atoms with van der Waals surface area (Å²) in [6, 6.07) is 11.9. The summed E-state index contributed by atoms with van der Waals surface area (Å²) in [5.74, 6) is -0.232. The van der Waals surface area contributed by atoms with Gasteiger partial charge in [-0.05, 0) is 17.2 Å². The normalized spacial score (nSPS) is 11.6. The molecule has 0 aliphatic rings. The number of alkyl halides is 3. The molecular formula is C15H13F3N4. The summed E-state index contributed by atoms with van der Waals surface area (Å²) in [5.41, 5.74) is 10.5. The van der Waals surface area contributed by atoms with E-state index in [0.717, 1.165) is 6.07 Å². The van der Waals surface area contributed by atoms with Gasteiger partial charge in [-0.3, -0.25) is 0 Å². The number of hydrogen-bond acceptors (Lipinski definition) is 2. The van der Waals surface area contributed by atoms with Crippen LogP contribution in [0.2, 0.25) is 0 Å². The third kappa shape index (κ3) is 3.63. The molecule has 0 saturated carbocycles. The van der Waals surface area contributed by atoms with Crippen molar-refractivity contribution in [2.45, 2.75) is 6.18 Å². The highest BCUT2D eigenvalue weighted by Crippen LogP contribution is 2.37. The van der Waals surface area contributed by atoms with E-state index in [2.05, 4.69) is 10.2 Å². The molecule has 4 N–H and O–H groups in total. The third-order valence-electron chi connectivity index (χ3n) is 2.85. The maximum Gasteiger partial charge on any atom is 0.417 e. The SMILES string of the molecule is NC(N)=NN=Cc1ccccc1-c1ccccc1C(F)(F)F. The van der Waals surface area contributed by atoms with Gasteiger partial charge in [-0.1, -0.05) is 42.5 Å². The Hall–Kier alpha value is -2.83. The quantitative estimate of drug-likeness (QED) is 0.519. The van der Waals surface area contributed by atoms with Crippen LogP contribution < -0.4 is 11.5 Å². The molecule has 0 amide bonds. The van der Waals surface area contributed by atoms with Crippen LogP contribution >= 0.6 is 0 Å². The van der Waals surface area contributed by atoms with E-state index in [-0.39, 0.29) is 11.5 Å². The van der Waals surface area contributed by atoms with Crippen molar-refractivity contribution >= 4 is 12.2 Å². The Morgan fingerprint density at radius 2 is 1.50 bits per heavy atom. The highest BCUT2D eigenvalue weighted by atomic mass is 19.4. The first kappa shape index (κ1) is 15.6. The standard InChI is InChI=1S/C15H13F3N4/c16-15(17,18)13-8-4-3-7-12(13)11-6-2-1-5-10(11)9-21-22-14(19)20/h1-9H,(H4,19,20,22). The summed E-state index contributed by atoms with van der Waals surface area (Å²) in [6.45, 7) is 0. The molecule has 7 heteroatoms. The smallest absolute Gasteiger partial charge is 0.369 e. The van der Waals surface area contributed by atoms with Crippen molar-refractivity contribution < 1.29 is 13.2 Å². The van der Waals surface area contributed by atoms with E-state index in [9.17, 15) is 13.2 Å². The number of rotatable bonds is 3. The number of nitrogens with two attached hydrogens (primary N) is 2. The minimum atomic E-state index is -4.44. The summed E-state index contributed by atoms with van der Waals surface area (Å²) >= 11 is 0. The average Bonchev–Trinajstić information content (AvgIpc) is 2.46. The topological polar surface area (TPSA) is 76.8 Å². The fourth-order valence-electron chi connectivity index (χ4n) is 1.98. The zero-order valence-electron chi connectivity index (χ0n) is 11.4. The molecule has 0 heterocycles. The van der Waals surface area contributed by atoms with Crippen molar-refractivity contribution in [1.82, 2.24) is 0 Å². The lowest BCUT2D eigenvalue weighted by molar-refractivity contribution is -0.137. The summed E-state index contributed by atoms with van der Waals surface area (Å²) in [6.07, 6.45) is -3.14. The van der Waals surface area contributed by atoms with E-state index in [1.165, 1.54) is 18.3 Å². The molecular weight excluding hydrogens is 293 g/mol. The minimum Gasteiger partial charge on any atom is -0.369 e. The first-order chi connectivity index (χ1) is 10.4. The highest BCUT2D eigenvalue weighted by molar-refractivity contribution is 5.91. The zero-order valence-corrected chi connectivity index (χ0v) is 11.4. The van der Waals surface area contributed by atoms with Crippen molar-refractivity contribution in [2.75, 3.05) is 0 Å². The van der Waals surface area contributed by atoms with E-state index < -0.39 is 11.7 Å². The molecule has 2 aromatic rings. The molecule has 2 aromatic carbocycles. The van der Waals surface area contributed by atoms with Gasteiger partial charge in [-0.2, -0.15) is 18.3 Å². The van der Waals surface area contributed by atoms with Gasteiger partial charge < -0.3 is 11.5 Å². The molecule has 0 radical (unpaired) electrons. The predicted octanol–water partition coefficient (Wildman–Crippen LogP) is 2.98. The zero-order chi connectivity index (χ0) is 16.2. The van der Waals surface area contributed by atoms with E-state index >= 15 is 0 Å². The lowest BCUT2D eigenvalue weighted by Gasteiger charge is -2.14. The van der Waals surface area contributed by atoms with Gasteiger partial charge in [0.1, 0.15) is 0 Å². The van der Waals surface area contributed by atoms with Gasteiger partial charge in [0, 0.05) is 5.56 Å². The van der Waals surface area contributed by atoms with Crippen molar-refractivity contribution in [3.05, 3.63) is 59.7 Å². The molecule has 0 unspecified atom stereocenters. The lowest BCUT2D eigenvalue weighted by atomic mass is 9.95. The van der Waals surface area contributed by atoms with Crippen LogP contribution in [0.15, 0.2) is 58.7 Å². The largest absolute Gasteiger partial charge is 0.417 e. The number of benzene rings is 2. The van der Waals surface area contributed by atoms with Gasteiger partial charge in [0.15, 0.2) is 0 Å². The van der Waals surface area contributed by atoms with Crippen LogP contribution in [0.25, 0.3) is 11.1 Å². The van der Waals surface area contributed by atoms with Crippen LogP contribution in [-0.2, 0) is 6.18 Å². The van der Waals surface area contributed by atoms with Crippen LogP contribution in [0, 0.1) is 0 Å². The van der Waals surface area contributed by atoms with Crippen molar-refractivity contribution in [2.24, 2.45) is 21.7 Å². The van der Waals surface area contributed by atoms with Crippen molar-refractivity contribution in [3.63, 3.8) is 0 Å². The third-order valence-corrected chi connectivity index (χ3v) is 2.85. The molecule has 0 bridgehead atoms. The highest BCUT2D eigenvalue weighted by Gasteiger charge is 2.33. The maximum absolute atomic E-state index is 13.1. The first-order valence-corrected chi connectivity index (χ1v) is 6.27. The molecule has 0 spiro atoms. The number of halogens is 3. The fraction of sp³-hybridized carbons (Fsp3) is 0.0667. The Labute approximate surface area is 125 Å². The average molecular weight is 306 g/mol. The van der Waals surface area contributed by atoms with E-state index in [1.807, 2.05) is 0 Å². The predicted molar refractivity (Wildman–Crippen MR) is 80.3 cm³/mol. The van der Waals surface area contributed by atoms with Gasteiger partial charge >= 0.3 is 6.18 Å². The monoisotopic (exact) mass is 306 g/mol. The maximum atomic E-state index is 13.1.